The van der Waals surface area contributed by atoms with Crippen LogP contribution in [0.2, 0.25) is 0 Å². The molecule has 0 radical (unpaired) electrons. The summed E-state index contributed by atoms with van der Waals surface area (Å²) in [5.41, 5.74) is -0.653. The number of carboxylic acids is 1. The van der Waals surface area contributed by atoms with Crippen molar-refractivity contribution in [3.8, 4) is 0 Å². The van der Waals surface area contributed by atoms with Crippen LogP contribution < -0.4 is 0 Å². The molecular weight excluding hydrogens is 178 g/mol. The summed E-state index contributed by atoms with van der Waals surface area (Å²) >= 11 is 0. The molecule has 0 heterocycles. The minimum Gasteiger partial charge on any atom is -0.481 e. The van der Waals surface area contributed by atoms with Crippen LogP contribution in [-0.2, 0) is 4.79 Å². The number of carbonyl (C=O) groups is 1. The third-order valence-electron chi connectivity index (χ3n) is 2.80. The Morgan fingerprint density at radius 3 is 2.21 bits per heavy atom. The van der Waals surface area contributed by atoms with Crippen LogP contribution in [0, 0.1) is 5.41 Å². The summed E-state index contributed by atoms with van der Waals surface area (Å²) in [6.45, 7) is 11.4. The molecule has 1 atom stereocenters. The Morgan fingerprint density at radius 2 is 1.93 bits per heavy atom. The fourth-order valence-corrected chi connectivity index (χ4v) is 1.41. The van der Waals surface area contributed by atoms with Crippen molar-refractivity contribution in [3.63, 3.8) is 0 Å². The van der Waals surface area contributed by atoms with Crippen molar-refractivity contribution < 1.29 is 9.90 Å². The van der Waals surface area contributed by atoms with Crippen molar-refractivity contribution in [1.82, 2.24) is 4.90 Å². The van der Waals surface area contributed by atoms with E-state index in [9.17, 15) is 4.79 Å². The van der Waals surface area contributed by atoms with Crippen LogP contribution in [0.1, 0.15) is 41.0 Å². The molecule has 1 unspecified atom stereocenters. The van der Waals surface area contributed by atoms with Gasteiger partial charge in [-0.05, 0) is 33.7 Å². The Labute approximate surface area is 87.1 Å². The lowest BCUT2D eigenvalue weighted by Gasteiger charge is -2.33. The van der Waals surface area contributed by atoms with E-state index < -0.39 is 11.4 Å². The molecule has 0 saturated carbocycles. The highest BCUT2D eigenvalue weighted by molar-refractivity contribution is 5.73. The molecule has 0 aliphatic rings. The summed E-state index contributed by atoms with van der Waals surface area (Å²) in [6.07, 6.45) is 1.06. The van der Waals surface area contributed by atoms with E-state index in [1.54, 1.807) is 13.8 Å². The molecule has 0 fully saturated rings. The maximum atomic E-state index is 11.0. The predicted octanol–water partition coefficient (Wildman–Crippen LogP) is 2.22. The minimum absolute atomic E-state index is 0.457. The van der Waals surface area contributed by atoms with Gasteiger partial charge in [0.2, 0.25) is 0 Å². The van der Waals surface area contributed by atoms with Crippen LogP contribution >= 0.6 is 0 Å². The van der Waals surface area contributed by atoms with Crippen LogP contribution in [0.25, 0.3) is 0 Å². The third-order valence-corrected chi connectivity index (χ3v) is 2.80. The maximum absolute atomic E-state index is 11.0. The van der Waals surface area contributed by atoms with Crippen LogP contribution in [-0.4, -0.2) is 35.1 Å². The topological polar surface area (TPSA) is 40.5 Å². The Kier molecular flexibility index (Phi) is 5.13. The first-order valence-corrected chi connectivity index (χ1v) is 5.32. The number of rotatable bonds is 6. The number of carboxylic acid groups (broad SMARTS) is 1. The summed E-state index contributed by atoms with van der Waals surface area (Å²) in [4.78, 5) is 13.2. The molecule has 0 aromatic heterocycles. The molecule has 0 bridgehead atoms. The van der Waals surface area contributed by atoms with E-state index in [1.807, 2.05) is 0 Å². The van der Waals surface area contributed by atoms with E-state index in [-0.39, 0.29) is 0 Å². The Hall–Kier alpha value is -0.570. The van der Waals surface area contributed by atoms with Gasteiger partial charge in [-0.25, -0.2) is 0 Å². The Balaban J connectivity index is 4.38. The van der Waals surface area contributed by atoms with Crippen molar-refractivity contribution in [3.05, 3.63) is 0 Å². The molecule has 14 heavy (non-hydrogen) atoms. The fourth-order valence-electron chi connectivity index (χ4n) is 1.41. The van der Waals surface area contributed by atoms with Crippen molar-refractivity contribution in [2.75, 3.05) is 13.1 Å². The normalized spacial score (nSPS) is 14.4. The molecule has 0 aliphatic heterocycles. The van der Waals surface area contributed by atoms with Gasteiger partial charge in [0.05, 0.1) is 5.41 Å². The van der Waals surface area contributed by atoms with Gasteiger partial charge in [0.15, 0.2) is 0 Å². The van der Waals surface area contributed by atoms with Crippen LogP contribution in [0.5, 0.6) is 0 Å². The summed E-state index contributed by atoms with van der Waals surface area (Å²) in [7, 11) is 0. The zero-order valence-corrected chi connectivity index (χ0v) is 10.0. The Bertz CT molecular complexity index is 190. The molecule has 0 aromatic carbocycles. The minimum atomic E-state index is -0.723. The summed E-state index contributed by atoms with van der Waals surface area (Å²) in [5.74, 6) is -0.723. The first-order chi connectivity index (χ1) is 6.35. The zero-order valence-electron chi connectivity index (χ0n) is 10.0. The second-order valence-corrected chi connectivity index (χ2v) is 4.51. The van der Waals surface area contributed by atoms with Crippen molar-refractivity contribution in [2.24, 2.45) is 5.41 Å². The van der Waals surface area contributed by atoms with Gasteiger partial charge >= 0.3 is 5.97 Å². The van der Waals surface area contributed by atoms with Crippen LogP contribution in [0.4, 0.5) is 0 Å². The predicted molar refractivity (Wildman–Crippen MR) is 58.4 cm³/mol. The van der Waals surface area contributed by atoms with Gasteiger partial charge in [-0.1, -0.05) is 13.8 Å². The van der Waals surface area contributed by atoms with Crippen LogP contribution in [0.15, 0.2) is 0 Å². The standard InChI is InChI=1S/C11H23NO2/c1-6-9(3)12(7-2)8-11(4,5)10(13)14/h9H,6-8H2,1-5H3,(H,13,14). The largest absolute Gasteiger partial charge is 0.481 e. The van der Waals surface area contributed by atoms with Gasteiger partial charge < -0.3 is 5.11 Å². The summed E-state index contributed by atoms with van der Waals surface area (Å²) in [5, 5.41) is 9.01. The van der Waals surface area contributed by atoms with E-state index in [1.165, 1.54) is 0 Å². The average molecular weight is 201 g/mol. The van der Waals surface area contributed by atoms with Gasteiger partial charge in [0, 0.05) is 12.6 Å². The quantitative estimate of drug-likeness (QED) is 0.716. The average Bonchev–Trinajstić information content (AvgIpc) is 2.12. The van der Waals surface area contributed by atoms with E-state index in [0.717, 1.165) is 13.0 Å². The molecule has 0 aliphatic carbocycles. The van der Waals surface area contributed by atoms with Crippen molar-refractivity contribution >= 4 is 5.97 Å². The molecule has 1 N–H and O–H groups in total. The third kappa shape index (κ3) is 3.66. The van der Waals surface area contributed by atoms with E-state index in [4.69, 9.17) is 5.11 Å². The van der Waals surface area contributed by atoms with E-state index in [2.05, 4.69) is 25.7 Å². The molecule has 0 spiro atoms. The lowest BCUT2D eigenvalue weighted by atomic mass is 9.92. The molecule has 0 amide bonds. The number of hydrogen-bond acceptors (Lipinski definition) is 2. The van der Waals surface area contributed by atoms with E-state index in [0.29, 0.717) is 12.6 Å². The molecule has 3 nitrogen and oxygen atoms in total. The fraction of sp³-hybridized carbons (Fsp3) is 0.909. The summed E-state index contributed by atoms with van der Waals surface area (Å²) < 4.78 is 0. The van der Waals surface area contributed by atoms with Crippen LogP contribution in [0.3, 0.4) is 0 Å². The monoisotopic (exact) mass is 201 g/mol. The molecular formula is C11H23NO2. The summed E-state index contributed by atoms with van der Waals surface area (Å²) in [6, 6.07) is 0.457. The second-order valence-electron chi connectivity index (χ2n) is 4.51. The smallest absolute Gasteiger partial charge is 0.310 e. The molecule has 0 saturated heterocycles. The van der Waals surface area contributed by atoms with Gasteiger partial charge in [-0.2, -0.15) is 0 Å². The highest BCUT2D eigenvalue weighted by Crippen LogP contribution is 2.19. The van der Waals surface area contributed by atoms with Crippen molar-refractivity contribution in [1.29, 1.82) is 0 Å². The van der Waals surface area contributed by atoms with Gasteiger partial charge in [0.25, 0.3) is 0 Å². The van der Waals surface area contributed by atoms with Crippen molar-refractivity contribution in [2.45, 2.75) is 47.1 Å². The first-order valence-electron chi connectivity index (χ1n) is 5.32. The number of aliphatic carboxylic acids is 1. The highest BCUT2D eigenvalue weighted by Gasteiger charge is 2.30. The molecule has 0 rings (SSSR count). The SMILES string of the molecule is CCC(C)N(CC)CC(C)(C)C(=O)O. The number of nitrogens with zero attached hydrogens (tertiary/aromatic N) is 1. The number of hydrogen-bond donors (Lipinski definition) is 1. The second kappa shape index (κ2) is 5.35. The van der Waals surface area contributed by atoms with Gasteiger partial charge in [-0.3, -0.25) is 9.69 Å². The maximum Gasteiger partial charge on any atom is 0.310 e. The molecule has 3 heteroatoms. The van der Waals surface area contributed by atoms with E-state index >= 15 is 0 Å². The lowest BCUT2D eigenvalue weighted by molar-refractivity contribution is -0.148. The highest BCUT2D eigenvalue weighted by atomic mass is 16.4. The molecule has 0 aromatic rings. The first kappa shape index (κ1) is 13.4. The molecule has 84 valence electrons. The Morgan fingerprint density at radius 1 is 1.43 bits per heavy atom. The van der Waals surface area contributed by atoms with Gasteiger partial charge in [-0.15, -0.1) is 0 Å². The zero-order chi connectivity index (χ0) is 11.4. The van der Waals surface area contributed by atoms with Gasteiger partial charge in [0.1, 0.15) is 0 Å². The lowest BCUT2D eigenvalue weighted by Crippen LogP contribution is -2.43.